The van der Waals surface area contributed by atoms with Crippen molar-refractivity contribution in [1.82, 2.24) is 0 Å². The molecule has 0 spiro atoms. The third-order valence-corrected chi connectivity index (χ3v) is 3.55. The van der Waals surface area contributed by atoms with E-state index < -0.39 is 0 Å². The Labute approximate surface area is 95.0 Å². The Bertz CT molecular complexity index is 335. The summed E-state index contributed by atoms with van der Waals surface area (Å²) in [5, 5.41) is 0.231. The molecule has 0 saturated heterocycles. The summed E-state index contributed by atoms with van der Waals surface area (Å²) in [7, 11) is 1.33. The zero-order valence-corrected chi connectivity index (χ0v) is 10.1. The molecule has 0 fully saturated rings. The van der Waals surface area contributed by atoms with Gasteiger partial charge in [-0.25, -0.2) is 0 Å². The number of carbonyl (C=O) groups is 2. The fourth-order valence-electron chi connectivity index (χ4n) is 1.01. The van der Waals surface area contributed by atoms with Gasteiger partial charge in [-0.05, 0) is 0 Å². The molecular formula is C11H12O3Se. The van der Waals surface area contributed by atoms with Crippen LogP contribution in [0.4, 0.5) is 0 Å². The van der Waals surface area contributed by atoms with Crippen molar-refractivity contribution in [3.8, 4) is 0 Å². The molecule has 15 heavy (non-hydrogen) atoms. The van der Waals surface area contributed by atoms with Crippen molar-refractivity contribution in [3.63, 3.8) is 0 Å². The van der Waals surface area contributed by atoms with Gasteiger partial charge in [0.1, 0.15) is 0 Å². The fourth-order valence-corrected chi connectivity index (χ4v) is 2.41. The first kappa shape index (κ1) is 12.0. The summed E-state index contributed by atoms with van der Waals surface area (Å²) in [5.41, 5.74) is 0.995. The maximum absolute atomic E-state index is 11.5. The van der Waals surface area contributed by atoms with E-state index in [1.54, 1.807) is 0 Å². The number of esters is 1. The van der Waals surface area contributed by atoms with E-state index in [4.69, 9.17) is 0 Å². The number of benzene rings is 1. The van der Waals surface area contributed by atoms with E-state index >= 15 is 0 Å². The monoisotopic (exact) mass is 272 g/mol. The quantitative estimate of drug-likeness (QED) is 0.594. The summed E-state index contributed by atoms with van der Waals surface area (Å²) in [5.74, 6) is -0.309. The van der Waals surface area contributed by atoms with E-state index in [1.807, 2.05) is 30.3 Å². The zero-order chi connectivity index (χ0) is 11.1. The van der Waals surface area contributed by atoms with Gasteiger partial charge in [-0.3, -0.25) is 0 Å². The molecule has 0 atom stereocenters. The number of carbonyl (C=O) groups excluding carboxylic acids is 2. The molecule has 0 aliphatic rings. The first-order valence-corrected chi connectivity index (χ1v) is 6.55. The molecule has 0 amide bonds. The molecule has 0 heterocycles. The topological polar surface area (TPSA) is 43.4 Å². The van der Waals surface area contributed by atoms with Crippen LogP contribution in [-0.2, 0) is 20.7 Å². The Morgan fingerprint density at radius 1 is 1.27 bits per heavy atom. The van der Waals surface area contributed by atoms with Crippen molar-refractivity contribution in [2.75, 3.05) is 7.11 Å². The van der Waals surface area contributed by atoms with Crippen LogP contribution in [0.25, 0.3) is 0 Å². The van der Waals surface area contributed by atoms with Gasteiger partial charge in [0.05, 0.1) is 0 Å². The third kappa shape index (κ3) is 4.77. The van der Waals surface area contributed by atoms with E-state index in [0.29, 0.717) is 6.42 Å². The Kier molecular flexibility index (Phi) is 5.08. The number of rotatable bonds is 5. The Morgan fingerprint density at radius 2 is 1.93 bits per heavy atom. The van der Waals surface area contributed by atoms with Crippen LogP contribution in [0.15, 0.2) is 30.3 Å². The Morgan fingerprint density at radius 3 is 2.53 bits per heavy atom. The molecule has 0 aromatic heterocycles. The second-order valence-corrected chi connectivity index (χ2v) is 5.07. The molecular weight excluding hydrogens is 259 g/mol. The zero-order valence-electron chi connectivity index (χ0n) is 8.43. The molecule has 1 aromatic rings. The van der Waals surface area contributed by atoms with E-state index in [2.05, 4.69) is 4.74 Å². The van der Waals surface area contributed by atoms with Crippen molar-refractivity contribution in [1.29, 1.82) is 0 Å². The van der Waals surface area contributed by atoms with Crippen molar-refractivity contribution in [2.24, 2.45) is 0 Å². The maximum atomic E-state index is 11.5. The third-order valence-electron chi connectivity index (χ3n) is 1.77. The van der Waals surface area contributed by atoms with Crippen molar-refractivity contribution in [3.05, 3.63) is 35.9 Å². The molecule has 80 valence electrons. The second kappa shape index (κ2) is 6.38. The van der Waals surface area contributed by atoms with Gasteiger partial charge in [-0.1, -0.05) is 0 Å². The number of hydrogen-bond acceptors (Lipinski definition) is 3. The van der Waals surface area contributed by atoms with Gasteiger partial charge >= 0.3 is 94.7 Å². The van der Waals surface area contributed by atoms with E-state index in [9.17, 15) is 9.59 Å². The molecule has 3 nitrogen and oxygen atoms in total. The number of hydrogen-bond donors (Lipinski definition) is 0. The van der Waals surface area contributed by atoms with Gasteiger partial charge in [0.25, 0.3) is 0 Å². The van der Waals surface area contributed by atoms with Crippen molar-refractivity contribution in [2.45, 2.75) is 11.7 Å². The number of ether oxygens (including phenoxy) is 1. The van der Waals surface area contributed by atoms with Crippen LogP contribution in [0.5, 0.6) is 0 Å². The minimum absolute atomic E-state index is 0.124. The predicted molar refractivity (Wildman–Crippen MR) is 57.7 cm³/mol. The van der Waals surface area contributed by atoms with Gasteiger partial charge in [0.15, 0.2) is 0 Å². The summed E-state index contributed by atoms with van der Waals surface area (Å²) in [4.78, 5) is 22.3. The van der Waals surface area contributed by atoms with Crippen LogP contribution < -0.4 is 0 Å². The van der Waals surface area contributed by atoms with Crippen LogP contribution in [0.1, 0.15) is 5.56 Å². The summed E-state index contributed by atoms with van der Waals surface area (Å²) in [6.07, 6.45) is 0.415. The van der Waals surface area contributed by atoms with Crippen LogP contribution in [-0.4, -0.2) is 32.7 Å². The van der Waals surface area contributed by atoms with E-state index in [1.165, 1.54) is 7.11 Å². The van der Waals surface area contributed by atoms with Gasteiger partial charge in [-0.15, -0.1) is 0 Å². The molecule has 0 radical (unpaired) electrons. The molecule has 0 N–H and O–H groups in total. The molecule has 0 bridgehead atoms. The molecule has 0 unspecified atom stereocenters. The van der Waals surface area contributed by atoms with Gasteiger partial charge in [-0.2, -0.15) is 0 Å². The van der Waals surface area contributed by atoms with Crippen molar-refractivity contribution >= 4 is 25.6 Å². The van der Waals surface area contributed by atoms with Crippen LogP contribution in [0.2, 0.25) is 5.32 Å². The summed E-state index contributed by atoms with van der Waals surface area (Å²) < 4.78 is 4.60. The van der Waals surface area contributed by atoms with Gasteiger partial charge in [0, 0.05) is 0 Å². The van der Waals surface area contributed by atoms with Gasteiger partial charge < -0.3 is 0 Å². The Hall–Kier alpha value is -1.12. The van der Waals surface area contributed by atoms with Crippen molar-refractivity contribution < 1.29 is 14.3 Å². The van der Waals surface area contributed by atoms with Crippen LogP contribution in [0.3, 0.4) is 0 Å². The molecule has 0 aliphatic carbocycles. The van der Waals surface area contributed by atoms with Crippen LogP contribution in [0, 0.1) is 0 Å². The summed E-state index contributed by atoms with van der Waals surface area (Å²) >= 11 is -0.303. The fraction of sp³-hybridized carbons (Fsp3) is 0.273. The SMILES string of the molecule is COC(=O)C[Se]C(=O)Cc1ccccc1. The first-order valence-electron chi connectivity index (χ1n) is 4.48. The first-order chi connectivity index (χ1) is 7.22. The minimum atomic E-state index is -0.309. The molecule has 1 aromatic carbocycles. The standard InChI is InChI=1S/C11H12O3Se/c1-14-10(12)8-15-11(13)7-9-5-3-2-4-6-9/h2-6H,7-8H2,1H3. The normalized spacial score (nSPS) is 9.67. The average Bonchev–Trinajstić information content (AvgIpc) is 2.27. The van der Waals surface area contributed by atoms with E-state index in [0.717, 1.165) is 5.56 Å². The molecule has 0 saturated carbocycles. The molecule has 0 aliphatic heterocycles. The van der Waals surface area contributed by atoms with E-state index in [-0.39, 0.29) is 30.9 Å². The predicted octanol–water partition coefficient (Wildman–Crippen LogP) is 1.05. The average molecular weight is 271 g/mol. The summed E-state index contributed by atoms with van der Waals surface area (Å²) in [6, 6.07) is 9.53. The Balaban J connectivity index is 2.34. The second-order valence-electron chi connectivity index (χ2n) is 2.90. The summed E-state index contributed by atoms with van der Waals surface area (Å²) in [6.45, 7) is 0. The molecule has 1 rings (SSSR count). The van der Waals surface area contributed by atoms with Crippen LogP contribution >= 0.6 is 0 Å². The number of methoxy groups -OCH3 is 1. The van der Waals surface area contributed by atoms with Gasteiger partial charge in [0.2, 0.25) is 0 Å². The molecule has 4 heteroatoms.